The van der Waals surface area contributed by atoms with Crippen LogP contribution in [0.4, 0.5) is 34.1 Å². The topological polar surface area (TPSA) is 6.48 Å². The molecule has 5 aromatic rings. The number of anilines is 6. The summed E-state index contributed by atoms with van der Waals surface area (Å²) in [5, 5.41) is 0. The molecule has 0 spiro atoms. The molecular weight excluding hydrogens is 520 g/mol. The van der Waals surface area contributed by atoms with E-state index in [4.69, 9.17) is 0 Å². The highest BCUT2D eigenvalue weighted by Crippen LogP contribution is 2.56. The van der Waals surface area contributed by atoms with Crippen LogP contribution in [0.3, 0.4) is 0 Å². The first kappa shape index (κ1) is 27.0. The lowest BCUT2D eigenvalue weighted by Gasteiger charge is -2.45. The van der Waals surface area contributed by atoms with Crippen LogP contribution in [0, 0.1) is 0 Å². The zero-order chi connectivity index (χ0) is 29.6. The summed E-state index contributed by atoms with van der Waals surface area (Å²) in [7, 11) is 0. The highest BCUT2D eigenvalue weighted by Gasteiger charge is 2.40. The molecule has 0 fully saturated rings. The quantitative estimate of drug-likeness (QED) is 0.188. The largest absolute Gasteiger partial charge is 0.310 e. The van der Waals surface area contributed by atoms with Crippen LogP contribution >= 0.6 is 0 Å². The summed E-state index contributed by atoms with van der Waals surface area (Å²) in [6.45, 7) is 8.99. The molecule has 0 unspecified atom stereocenters. The smallest absolute Gasteiger partial charge is 0.0538 e. The van der Waals surface area contributed by atoms with E-state index in [0.29, 0.717) is 0 Å². The van der Waals surface area contributed by atoms with Crippen LogP contribution in [-0.4, -0.2) is 0 Å². The van der Waals surface area contributed by atoms with Crippen LogP contribution in [0.1, 0.15) is 55.5 Å². The molecule has 0 saturated heterocycles. The van der Waals surface area contributed by atoms with Gasteiger partial charge in [0, 0.05) is 34.6 Å². The van der Waals surface area contributed by atoms with Crippen LogP contribution in [0.15, 0.2) is 139 Å². The third kappa shape index (κ3) is 4.68. The van der Waals surface area contributed by atoms with Crippen molar-refractivity contribution in [2.45, 2.75) is 46.0 Å². The molecule has 0 aliphatic carbocycles. The van der Waals surface area contributed by atoms with Crippen molar-refractivity contribution in [1.29, 1.82) is 0 Å². The molecular formula is C41H38N2. The lowest BCUT2D eigenvalue weighted by molar-refractivity contribution is 0.629. The Bertz CT molecular complexity index is 1870. The Hall–Kier alpha value is -4.82. The standard InChI is InChI=1S/C41H38N2/c1-29(2)15-8-9-16-30-17-10-12-23-37(30)42(33-19-6-5-7-20-33)34-25-26-38-32(28-34)27-31-18-14-22-36-40(31)43(38)39-24-13-11-21-35(39)41(36,3)4/h5-15,17-26,28H,16,27H2,1-4H3/b9-8-. The highest BCUT2D eigenvalue weighted by molar-refractivity contribution is 5.92. The van der Waals surface area contributed by atoms with Gasteiger partial charge in [-0.05, 0) is 90.6 Å². The summed E-state index contributed by atoms with van der Waals surface area (Å²) >= 11 is 0. The van der Waals surface area contributed by atoms with Gasteiger partial charge in [0.15, 0.2) is 0 Å². The fraction of sp³-hybridized carbons (Fsp3) is 0.171. The third-order valence-electron chi connectivity index (χ3n) is 8.93. The molecule has 0 N–H and O–H groups in total. The van der Waals surface area contributed by atoms with Crippen molar-refractivity contribution >= 4 is 34.1 Å². The second-order valence-electron chi connectivity index (χ2n) is 12.5. The molecule has 0 saturated carbocycles. The van der Waals surface area contributed by atoms with E-state index in [-0.39, 0.29) is 5.41 Å². The van der Waals surface area contributed by atoms with E-state index in [0.717, 1.165) is 18.5 Å². The molecule has 2 aliphatic heterocycles. The predicted molar refractivity (Wildman–Crippen MR) is 183 cm³/mol. The van der Waals surface area contributed by atoms with Gasteiger partial charge in [0.25, 0.3) is 0 Å². The second-order valence-corrected chi connectivity index (χ2v) is 12.5. The molecule has 2 aliphatic rings. The number of benzene rings is 5. The van der Waals surface area contributed by atoms with Gasteiger partial charge < -0.3 is 9.80 Å². The maximum absolute atomic E-state index is 2.52. The Morgan fingerprint density at radius 2 is 1.47 bits per heavy atom. The first-order valence-corrected chi connectivity index (χ1v) is 15.3. The number of para-hydroxylation sites is 4. The van der Waals surface area contributed by atoms with Crippen molar-refractivity contribution in [3.05, 3.63) is 167 Å². The van der Waals surface area contributed by atoms with Crippen LogP contribution < -0.4 is 9.80 Å². The molecule has 0 atom stereocenters. The van der Waals surface area contributed by atoms with Gasteiger partial charge in [0.05, 0.1) is 11.4 Å². The van der Waals surface area contributed by atoms with E-state index >= 15 is 0 Å². The number of nitrogens with zero attached hydrogens (tertiary/aromatic N) is 2. The van der Waals surface area contributed by atoms with Crippen LogP contribution in [-0.2, 0) is 18.3 Å². The Labute approximate surface area is 256 Å². The number of fused-ring (bicyclic) bond motifs is 4. The zero-order valence-corrected chi connectivity index (χ0v) is 25.5. The number of allylic oxidation sites excluding steroid dienone is 4. The van der Waals surface area contributed by atoms with E-state index in [2.05, 4.69) is 171 Å². The molecule has 0 amide bonds. The van der Waals surface area contributed by atoms with Crippen LogP contribution in [0.25, 0.3) is 0 Å². The SMILES string of the molecule is CC(C)=C/C=C\Cc1ccccc1N(c1ccccc1)c1ccc2c(c1)Cc1cccc3c1N2c1ccccc1C3(C)C. The van der Waals surface area contributed by atoms with Gasteiger partial charge in [-0.25, -0.2) is 0 Å². The number of hydrogen-bond acceptors (Lipinski definition) is 2. The summed E-state index contributed by atoms with van der Waals surface area (Å²) in [6, 6.07) is 42.4. The molecule has 5 aromatic carbocycles. The minimum atomic E-state index is -0.0518. The first-order valence-electron chi connectivity index (χ1n) is 15.3. The third-order valence-corrected chi connectivity index (χ3v) is 8.93. The van der Waals surface area contributed by atoms with Gasteiger partial charge in [-0.3, -0.25) is 0 Å². The first-order chi connectivity index (χ1) is 20.9. The monoisotopic (exact) mass is 558 g/mol. The summed E-state index contributed by atoms with van der Waals surface area (Å²) in [5.74, 6) is 0. The molecule has 2 heterocycles. The van der Waals surface area contributed by atoms with Gasteiger partial charge in [0.2, 0.25) is 0 Å². The zero-order valence-electron chi connectivity index (χ0n) is 25.5. The Morgan fingerprint density at radius 1 is 0.721 bits per heavy atom. The van der Waals surface area contributed by atoms with Crippen LogP contribution in [0.5, 0.6) is 0 Å². The van der Waals surface area contributed by atoms with E-state index in [1.807, 2.05) is 0 Å². The molecule has 0 radical (unpaired) electrons. The minimum Gasteiger partial charge on any atom is -0.310 e. The van der Waals surface area contributed by atoms with Crippen molar-refractivity contribution in [3.8, 4) is 0 Å². The van der Waals surface area contributed by atoms with Crippen LogP contribution in [0.2, 0.25) is 0 Å². The van der Waals surface area contributed by atoms with Gasteiger partial charge >= 0.3 is 0 Å². The average molecular weight is 559 g/mol. The van der Waals surface area contributed by atoms with Gasteiger partial charge in [0.1, 0.15) is 0 Å². The van der Waals surface area contributed by atoms with Crippen molar-refractivity contribution in [2.24, 2.45) is 0 Å². The minimum absolute atomic E-state index is 0.0518. The van der Waals surface area contributed by atoms with Crippen molar-refractivity contribution < 1.29 is 0 Å². The van der Waals surface area contributed by atoms with E-state index in [9.17, 15) is 0 Å². The van der Waals surface area contributed by atoms with Crippen molar-refractivity contribution in [2.75, 3.05) is 9.80 Å². The second kappa shape index (κ2) is 10.8. The summed E-state index contributed by atoms with van der Waals surface area (Å²) in [5.41, 5.74) is 15.5. The lowest BCUT2D eigenvalue weighted by atomic mass is 9.71. The average Bonchev–Trinajstić information content (AvgIpc) is 3.02. The van der Waals surface area contributed by atoms with Gasteiger partial charge in [-0.1, -0.05) is 110 Å². The molecule has 7 rings (SSSR count). The fourth-order valence-corrected chi connectivity index (χ4v) is 6.85. The predicted octanol–water partition coefficient (Wildman–Crippen LogP) is 11.2. The fourth-order valence-electron chi connectivity index (χ4n) is 6.85. The summed E-state index contributed by atoms with van der Waals surface area (Å²) in [6.07, 6.45) is 8.37. The van der Waals surface area contributed by atoms with E-state index < -0.39 is 0 Å². The highest BCUT2D eigenvalue weighted by atomic mass is 15.2. The van der Waals surface area contributed by atoms with Crippen molar-refractivity contribution in [3.63, 3.8) is 0 Å². The van der Waals surface area contributed by atoms with Crippen molar-refractivity contribution in [1.82, 2.24) is 0 Å². The molecule has 0 aromatic heterocycles. The summed E-state index contributed by atoms with van der Waals surface area (Å²) < 4.78 is 0. The maximum Gasteiger partial charge on any atom is 0.0538 e. The Balaban J connectivity index is 1.37. The molecule has 2 nitrogen and oxygen atoms in total. The maximum atomic E-state index is 2.52. The summed E-state index contributed by atoms with van der Waals surface area (Å²) in [4.78, 5) is 4.94. The Morgan fingerprint density at radius 3 is 2.30 bits per heavy atom. The normalized spacial score (nSPS) is 14.1. The molecule has 0 bridgehead atoms. The number of rotatable bonds is 6. The van der Waals surface area contributed by atoms with E-state index in [1.165, 1.54) is 61.8 Å². The van der Waals surface area contributed by atoms with Gasteiger partial charge in [-0.15, -0.1) is 0 Å². The lowest BCUT2D eigenvalue weighted by Crippen LogP contribution is -2.33. The van der Waals surface area contributed by atoms with E-state index in [1.54, 1.807) is 0 Å². The van der Waals surface area contributed by atoms with Gasteiger partial charge in [-0.2, -0.15) is 0 Å². The molecule has 2 heteroatoms. The Kier molecular flexibility index (Phi) is 6.78. The number of hydrogen-bond donors (Lipinski definition) is 0. The molecule has 212 valence electrons. The molecule has 43 heavy (non-hydrogen) atoms.